The Labute approximate surface area is 119 Å². The maximum atomic E-state index is 11.6. The molecule has 0 saturated carbocycles. The van der Waals surface area contributed by atoms with Gasteiger partial charge in [-0.25, -0.2) is 0 Å². The molecule has 1 aromatic carbocycles. The molecule has 2 unspecified atom stereocenters. The first-order valence-corrected chi connectivity index (χ1v) is 5.87. The van der Waals surface area contributed by atoms with Crippen LogP contribution >= 0.6 is 12.4 Å². The van der Waals surface area contributed by atoms with Crippen LogP contribution in [0.3, 0.4) is 0 Å². The molecule has 0 fully saturated rings. The second kappa shape index (κ2) is 8.50. The Bertz CT molecular complexity index is 412. The molecule has 0 saturated heterocycles. The zero-order chi connectivity index (χ0) is 13.5. The fourth-order valence-corrected chi connectivity index (χ4v) is 1.59. The molecule has 0 heterocycles. The number of primary amides is 1. The van der Waals surface area contributed by atoms with E-state index in [0.717, 1.165) is 5.56 Å². The molecule has 0 aliphatic heterocycles. The molecule has 0 radical (unpaired) electrons. The van der Waals surface area contributed by atoms with E-state index in [1.54, 1.807) is 0 Å². The number of amides is 2. The van der Waals surface area contributed by atoms with Crippen molar-refractivity contribution in [3.8, 4) is 0 Å². The van der Waals surface area contributed by atoms with Crippen LogP contribution in [0.2, 0.25) is 0 Å². The predicted molar refractivity (Wildman–Crippen MR) is 76.9 cm³/mol. The third-order valence-corrected chi connectivity index (χ3v) is 2.71. The molecule has 1 aromatic rings. The van der Waals surface area contributed by atoms with Crippen LogP contribution in [0.25, 0.3) is 0 Å². The number of benzene rings is 1. The van der Waals surface area contributed by atoms with Gasteiger partial charge >= 0.3 is 0 Å². The van der Waals surface area contributed by atoms with Crippen molar-refractivity contribution in [2.24, 2.45) is 11.5 Å². The number of carbonyl (C=O) groups is 2. The first-order chi connectivity index (χ1) is 8.50. The lowest BCUT2D eigenvalue weighted by molar-refractivity contribution is -0.126. The Morgan fingerprint density at radius 2 is 1.84 bits per heavy atom. The second-order valence-electron chi connectivity index (χ2n) is 4.33. The average Bonchev–Trinajstić information content (AvgIpc) is 2.35. The number of carbonyl (C=O) groups excluding carboxylic acids is 2. The Morgan fingerprint density at radius 1 is 1.26 bits per heavy atom. The van der Waals surface area contributed by atoms with Crippen molar-refractivity contribution in [2.45, 2.75) is 25.3 Å². The lowest BCUT2D eigenvalue weighted by Crippen LogP contribution is -2.44. The Balaban J connectivity index is 0.00000324. The van der Waals surface area contributed by atoms with E-state index in [9.17, 15) is 9.59 Å². The average molecular weight is 286 g/mol. The van der Waals surface area contributed by atoms with Gasteiger partial charge in [0.05, 0.1) is 12.5 Å². The van der Waals surface area contributed by atoms with Crippen LogP contribution in [0, 0.1) is 0 Å². The standard InChI is InChI=1S/C13H19N3O2.ClH/c1-9(10-5-3-2-4-6-10)8-16-13(18)11(14)7-12(15)17;/h2-6,9,11H,7-8,14H2,1H3,(H2,15,17)(H,16,18);1H. The summed E-state index contributed by atoms with van der Waals surface area (Å²) in [5.41, 5.74) is 11.6. The monoisotopic (exact) mass is 285 g/mol. The van der Waals surface area contributed by atoms with Crippen LogP contribution < -0.4 is 16.8 Å². The van der Waals surface area contributed by atoms with Crippen molar-refractivity contribution in [1.82, 2.24) is 5.32 Å². The lowest BCUT2D eigenvalue weighted by Gasteiger charge is -2.15. The quantitative estimate of drug-likeness (QED) is 0.711. The molecule has 0 aromatic heterocycles. The van der Waals surface area contributed by atoms with Gasteiger partial charge in [0.1, 0.15) is 0 Å². The molecule has 0 aliphatic rings. The summed E-state index contributed by atoms with van der Waals surface area (Å²) < 4.78 is 0. The number of halogens is 1. The predicted octanol–water partition coefficient (Wildman–Crippen LogP) is 0.531. The van der Waals surface area contributed by atoms with E-state index in [1.807, 2.05) is 37.3 Å². The van der Waals surface area contributed by atoms with E-state index in [0.29, 0.717) is 6.54 Å². The molecule has 0 spiro atoms. The highest BCUT2D eigenvalue weighted by atomic mass is 35.5. The van der Waals surface area contributed by atoms with Gasteiger partial charge in [-0.2, -0.15) is 0 Å². The Morgan fingerprint density at radius 3 is 2.37 bits per heavy atom. The maximum Gasteiger partial charge on any atom is 0.237 e. The van der Waals surface area contributed by atoms with Crippen LogP contribution in [-0.2, 0) is 9.59 Å². The molecule has 2 atom stereocenters. The summed E-state index contributed by atoms with van der Waals surface area (Å²) >= 11 is 0. The highest BCUT2D eigenvalue weighted by Gasteiger charge is 2.16. The van der Waals surface area contributed by atoms with Crippen molar-refractivity contribution in [3.63, 3.8) is 0 Å². The van der Waals surface area contributed by atoms with Crippen LogP contribution in [0.15, 0.2) is 30.3 Å². The van der Waals surface area contributed by atoms with E-state index in [-0.39, 0.29) is 30.7 Å². The van der Waals surface area contributed by atoms with Gasteiger partial charge in [0.25, 0.3) is 0 Å². The SMILES string of the molecule is CC(CNC(=O)C(N)CC(N)=O)c1ccccc1.Cl. The van der Waals surface area contributed by atoms with Crippen LogP contribution in [0.5, 0.6) is 0 Å². The number of hydrogen-bond acceptors (Lipinski definition) is 3. The van der Waals surface area contributed by atoms with E-state index in [1.165, 1.54) is 0 Å². The van der Waals surface area contributed by atoms with Crippen molar-refractivity contribution < 1.29 is 9.59 Å². The van der Waals surface area contributed by atoms with Crippen molar-refractivity contribution >= 4 is 24.2 Å². The van der Waals surface area contributed by atoms with Crippen LogP contribution in [0.1, 0.15) is 24.8 Å². The van der Waals surface area contributed by atoms with Gasteiger partial charge in [0, 0.05) is 6.54 Å². The molecule has 6 heteroatoms. The van der Waals surface area contributed by atoms with E-state index < -0.39 is 11.9 Å². The minimum absolute atomic E-state index is 0. The molecule has 1 rings (SSSR count). The van der Waals surface area contributed by atoms with Crippen molar-refractivity contribution in [2.75, 3.05) is 6.54 Å². The molecule has 106 valence electrons. The molecular weight excluding hydrogens is 266 g/mol. The third kappa shape index (κ3) is 6.22. The highest BCUT2D eigenvalue weighted by Crippen LogP contribution is 2.12. The van der Waals surface area contributed by atoms with Gasteiger partial charge in [-0.1, -0.05) is 37.3 Å². The lowest BCUT2D eigenvalue weighted by atomic mass is 10.0. The molecular formula is C13H20ClN3O2. The summed E-state index contributed by atoms with van der Waals surface area (Å²) in [6.07, 6.45) is -0.133. The fourth-order valence-electron chi connectivity index (χ4n) is 1.59. The van der Waals surface area contributed by atoms with Crippen molar-refractivity contribution in [1.29, 1.82) is 0 Å². The van der Waals surface area contributed by atoms with Gasteiger partial charge in [0.15, 0.2) is 0 Å². The van der Waals surface area contributed by atoms with Crippen LogP contribution in [0.4, 0.5) is 0 Å². The Kier molecular flexibility index (Phi) is 7.79. The molecule has 0 aliphatic carbocycles. The van der Waals surface area contributed by atoms with Gasteiger partial charge in [-0.05, 0) is 11.5 Å². The van der Waals surface area contributed by atoms with Gasteiger partial charge < -0.3 is 16.8 Å². The first kappa shape index (κ1) is 17.4. The normalized spacial score (nSPS) is 12.9. The zero-order valence-electron chi connectivity index (χ0n) is 10.8. The fraction of sp³-hybridized carbons (Fsp3) is 0.385. The maximum absolute atomic E-state index is 11.6. The van der Waals surface area contributed by atoms with Gasteiger partial charge in [-0.3, -0.25) is 9.59 Å². The zero-order valence-corrected chi connectivity index (χ0v) is 11.7. The van der Waals surface area contributed by atoms with Crippen LogP contribution in [-0.4, -0.2) is 24.4 Å². The topological polar surface area (TPSA) is 98.2 Å². The first-order valence-electron chi connectivity index (χ1n) is 5.87. The highest BCUT2D eigenvalue weighted by molar-refractivity contribution is 5.87. The Hall–Kier alpha value is -1.59. The summed E-state index contributed by atoms with van der Waals surface area (Å²) in [6.45, 7) is 2.49. The summed E-state index contributed by atoms with van der Waals surface area (Å²) in [4.78, 5) is 22.2. The number of hydrogen-bond donors (Lipinski definition) is 3. The molecule has 5 N–H and O–H groups in total. The summed E-state index contributed by atoms with van der Waals surface area (Å²) in [7, 11) is 0. The minimum atomic E-state index is -0.870. The van der Waals surface area contributed by atoms with E-state index in [4.69, 9.17) is 11.5 Å². The number of nitrogens with two attached hydrogens (primary N) is 2. The largest absolute Gasteiger partial charge is 0.370 e. The second-order valence-corrected chi connectivity index (χ2v) is 4.33. The van der Waals surface area contributed by atoms with Gasteiger partial charge in [0.2, 0.25) is 11.8 Å². The molecule has 19 heavy (non-hydrogen) atoms. The summed E-state index contributed by atoms with van der Waals surface area (Å²) in [5, 5.41) is 2.71. The van der Waals surface area contributed by atoms with E-state index in [2.05, 4.69) is 5.32 Å². The minimum Gasteiger partial charge on any atom is -0.370 e. The van der Waals surface area contributed by atoms with Gasteiger partial charge in [-0.15, -0.1) is 12.4 Å². The van der Waals surface area contributed by atoms with Crippen molar-refractivity contribution in [3.05, 3.63) is 35.9 Å². The third-order valence-electron chi connectivity index (χ3n) is 2.71. The van der Waals surface area contributed by atoms with E-state index >= 15 is 0 Å². The number of rotatable bonds is 6. The molecule has 0 bridgehead atoms. The number of nitrogens with one attached hydrogen (secondary N) is 1. The molecule has 2 amide bonds. The smallest absolute Gasteiger partial charge is 0.237 e. The summed E-state index contributed by atoms with van der Waals surface area (Å²) in [5.74, 6) is -0.735. The molecule has 5 nitrogen and oxygen atoms in total. The summed E-state index contributed by atoms with van der Waals surface area (Å²) in [6, 6.07) is 8.97.